The molecule has 1 amide bonds. The highest BCUT2D eigenvalue weighted by atomic mass is 16.2. The average molecular weight is 227 g/mol. The molecule has 0 radical (unpaired) electrons. The zero-order valence-corrected chi connectivity index (χ0v) is 9.39. The van der Waals surface area contributed by atoms with Crippen molar-refractivity contribution in [3.8, 4) is 0 Å². The van der Waals surface area contributed by atoms with Crippen molar-refractivity contribution in [2.24, 2.45) is 10.9 Å². The quantitative estimate of drug-likeness (QED) is 0.782. The molecule has 2 heterocycles. The summed E-state index contributed by atoms with van der Waals surface area (Å²) in [6, 6.07) is 5.60. The minimum Gasteiger partial charge on any atom is -0.308 e. The van der Waals surface area contributed by atoms with Crippen LogP contribution in [0.4, 0.5) is 0 Å². The van der Waals surface area contributed by atoms with Gasteiger partial charge in [0.2, 0.25) is 0 Å². The summed E-state index contributed by atoms with van der Waals surface area (Å²) in [6.07, 6.45) is 6.93. The van der Waals surface area contributed by atoms with E-state index in [9.17, 15) is 4.79 Å². The number of nitrogens with zero attached hydrogens (tertiary/aromatic N) is 2. The van der Waals surface area contributed by atoms with Crippen LogP contribution in [0.1, 0.15) is 25.0 Å². The molecule has 86 valence electrons. The van der Waals surface area contributed by atoms with Crippen molar-refractivity contribution in [1.82, 2.24) is 10.3 Å². The molecule has 17 heavy (non-hydrogen) atoms. The first-order chi connectivity index (χ1) is 8.33. The van der Waals surface area contributed by atoms with Gasteiger partial charge in [-0.15, -0.1) is 0 Å². The van der Waals surface area contributed by atoms with Crippen molar-refractivity contribution in [3.05, 3.63) is 35.8 Å². The number of nitrogens with one attached hydrogen (secondary N) is 1. The Bertz CT molecular complexity index is 501. The van der Waals surface area contributed by atoms with Gasteiger partial charge in [0.05, 0.1) is 5.69 Å². The fourth-order valence-corrected chi connectivity index (χ4v) is 1.96. The number of carbonyl (C=O) groups excluding carboxylic acids is 1. The first kappa shape index (κ1) is 10.2. The first-order valence-electron chi connectivity index (χ1n) is 5.85. The number of pyridine rings is 1. The summed E-state index contributed by atoms with van der Waals surface area (Å²) in [6.45, 7) is 0. The standard InChI is InChI=1S/C13H13N3O/c17-13-11(8-10-6-1-2-7-14-10)15-12(16-13)9-4-3-5-9/h1-2,6-9H,3-5H2,(H,15,16,17)/b11-8+. The summed E-state index contributed by atoms with van der Waals surface area (Å²) < 4.78 is 0. The molecule has 0 spiro atoms. The van der Waals surface area contributed by atoms with Gasteiger partial charge in [0.25, 0.3) is 5.91 Å². The molecule has 0 bridgehead atoms. The van der Waals surface area contributed by atoms with Gasteiger partial charge in [0.1, 0.15) is 11.5 Å². The second kappa shape index (κ2) is 4.13. The maximum atomic E-state index is 11.7. The monoisotopic (exact) mass is 227 g/mol. The van der Waals surface area contributed by atoms with Gasteiger partial charge in [0, 0.05) is 12.1 Å². The average Bonchev–Trinajstić information content (AvgIpc) is 2.59. The van der Waals surface area contributed by atoms with Gasteiger partial charge in [-0.25, -0.2) is 4.99 Å². The van der Waals surface area contributed by atoms with Gasteiger partial charge in [-0.3, -0.25) is 9.78 Å². The van der Waals surface area contributed by atoms with Crippen LogP contribution in [-0.2, 0) is 4.79 Å². The first-order valence-corrected chi connectivity index (χ1v) is 5.85. The van der Waals surface area contributed by atoms with Gasteiger partial charge in [0.15, 0.2) is 0 Å². The van der Waals surface area contributed by atoms with E-state index in [-0.39, 0.29) is 5.91 Å². The lowest BCUT2D eigenvalue weighted by molar-refractivity contribution is -0.115. The summed E-state index contributed by atoms with van der Waals surface area (Å²) in [4.78, 5) is 20.2. The van der Waals surface area contributed by atoms with E-state index in [0.29, 0.717) is 11.6 Å². The van der Waals surface area contributed by atoms with E-state index in [1.165, 1.54) is 6.42 Å². The highest BCUT2D eigenvalue weighted by molar-refractivity contribution is 6.15. The van der Waals surface area contributed by atoms with E-state index < -0.39 is 0 Å². The Morgan fingerprint density at radius 2 is 2.24 bits per heavy atom. The van der Waals surface area contributed by atoms with Crippen LogP contribution in [0.2, 0.25) is 0 Å². The molecule has 0 unspecified atom stereocenters. The number of carbonyl (C=O) groups is 1. The predicted molar refractivity (Wildman–Crippen MR) is 65.1 cm³/mol. The fraction of sp³-hybridized carbons (Fsp3) is 0.308. The van der Waals surface area contributed by atoms with E-state index >= 15 is 0 Å². The molecule has 1 N–H and O–H groups in total. The number of rotatable bonds is 2. The highest BCUT2D eigenvalue weighted by Gasteiger charge is 2.30. The summed E-state index contributed by atoms with van der Waals surface area (Å²) in [5.74, 6) is 1.18. The second-order valence-corrected chi connectivity index (χ2v) is 4.36. The summed E-state index contributed by atoms with van der Waals surface area (Å²) >= 11 is 0. The molecule has 0 atom stereocenters. The van der Waals surface area contributed by atoms with Gasteiger partial charge in [-0.05, 0) is 31.1 Å². The number of amidine groups is 1. The van der Waals surface area contributed by atoms with Crippen LogP contribution >= 0.6 is 0 Å². The van der Waals surface area contributed by atoms with E-state index in [4.69, 9.17) is 0 Å². The normalized spacial score (nSPS) is 22.2. The lowest BCUT2D eigenvalue weighted by Crippen LogP contribution is -2.33. The van der Waals surface area contributed by atoms with Crippen LogP contribution in [0.5, 0.6) is 0 Å². The van der Waals surface area contributed by atoms with E-state index in [1.807, 2.05) is 18.2 Å². The number of aromatic nitrogens is 1. The largest absolute Gasteiger partial charge is 0.308 e. The highest BCUT2D eigenvalue weighted by Crippen LogP contribution is 2.29. The van der Waals surface area contributed by atoms with Gasteiger partial charge < -0.3 is 5.32 Å². The summed E-state index contributed by atoms with van der Waals surface area (Å²) in [5.41, 5.74) is 1.22. The molecule has 1 saturated carbocycles. The SMILES string of the molecule is O=C1NC(C2CCC2)=N/C1=C/c1ccccn1. The molecule has 0 aromatic carbocycles. The molecule has 1 aliphatic heterocycles. The van der Waals surface area contributed by atoms with Crippen molar-refractivity contribution in [3.63, 3.8) is 0 Å². The Morgan fingerprint density at radius 3 is 2.88 bits per heavy atom. The fourth-order valence-electron chi connectivity index (χ4n) is 1.96. The molecule has 1 aromatic rings. The number of hydrogen-bond acceptors (Lipinski definition) is 3. The minimum absolute atomic E-state index is 0.113. The molecule has 4 nitrogen and oxygen atoms in total. The summed E-state index contributed by atoms with van der Waals surface area (Å²) in [5, 5.41) is 2.84. The maximum absolute atomic E-state index is 11.7. The molecule has 3 rings (SSSR count). The maximum Gasteiger partial charge on any atom is 0.275 e. The molecule has 4 heteroatoms. The van der Waals surface area contributed by atoms with Gasteiger partial charge >= 0.3 is 0 Å². The Kier molecular flexibility index (Phi) is 2.48. The van der Waals surface area contributed by atoms with Crippen LogP contribution in [0.25, 0.3) is 6.08 Å². The van der Waals surface area contributed by atoms with Crippen LogP contribution < -0.4 is 5.32 Å². The summed E-state index contributed by atoms with van der Waals surface area (Å²) in [7, 11) is 0. The number of aliphatic imine (C=N–C) groups is 1. The lowest BCUT2D eigenvalue weighted by Gasteiger charge is -2.24. The third-order valence-corrected chi connectivity index (χ3v) is 3.18. The van der Waals surface area contributed by atoms with Crippen LogP contribution in [-0.4, -0.2) is 16.7 Å². The third kappa shape index (κ3) is 1.98. The predicted octanol–water partition coefficient (Wildman–Crippen LogP) is 1.75. The Balaban J connectivity index is 1.85. The molecular weight excluding hydrogens is 214 g/mol. The molecule has 1 fully saturated rings. The molecule has 2 aliphatic rings. The van der Waals surface area contributed by atoms with Crippen LogP contribution in [0.15, 0.2) is 35.1 Å². The second-order valence-electron chi connectivity index (χ2n) is 4.36. The van der Waals surface area contributed by atoms with E-state index in [2.05, 4.69) is 15.3 Å². The van der Waals surface area contributed by atoms with Crippen LogP contribution in [0.3, 0.4) is 0 Å². The van der Waals surface area contributed by atoms with E-state index in [1.54, 1.807) is 12.3 Å². The molecule has 0 saturated heterocycles. The molecule has 1 aliphatic carbocycles. The van der Waals surface area contributed by atoms with Gasteiger partial charge in [-0.1, -0.05) is 12.5 Å². The Labute approximate surface area is 99.5 Å². The smallest absolute Gasteiger partial charge is 0.275 e. The zero-order chi connectivity index (χ0) is 11.7. The van der Waals surface area contributed by atoms with Crippen molar-refractivity contribution >= 4 is 17.8 Å². The van der Waals surface area contributed by atoms with Gasteiger partial charge in [-0.2, -0.15) is 0 Å². The van der Waals surface area contributed by atoms with Crippen LogP contribution in [0, 0.1) is 5.92 Å². The zero-order valence-electron chi connectivity index (χ0n) is 9.39. The molecular formula is C13H13N3O. The topological polar surface area (TPSA) is 54.4 Å². The van der Waals surface area contributed by atoms with Crippen molar-refractivity contribution in [1.29, 1.82) is 0 Å². The Hall–Kier alpha value is -1.97. The number of hydrogen-bond donors (Lipinski definition) is 1. The van der Waals surface area contributed by atoms with Crippen molar-refractivity contribution in [2.45, 2.75) is 19.3 Å². The third-order valence-electron chi connectivity index (χ3n) is 3.18. The van der Waals surface area contributed by atoms with Crippen molar-refractivity contribution < 1.29 is 4.79 Å². The van der Waals surface area contributed by atoms with E-state index in [0.717, 1.165) is 24.4 Å². The minimum atomic E-state index is -0.113. The Morgan fingerprint density at radius 1 is 1.35 bits per heavy atom. The lowest BCUT2D eigenvalue weighted by atomic mass is 9.84. The van der Waals surface area contributed by atoms with Crippen molar-refractivity contribution in [2.75, 3.05) is 0 Å². The molecule has 1 aromatic heterocycles. The number of amides is 1.